The van der Waals surface area contributed by atoms with Gasteiger partial charge in [0.1, 0.15) is 6.07 Å². The molecule has 4 heteroatoms. The van der Waals surface area contributed by atoms with E-state index >= 15 is 0 Å². The number of anilines is 1. The molecule has 0 saturated heterocycles. The third-order valence-corrected chi connectivity index (χ3v) is 3.45. The van der Waals surface area contributed by atoms with E-state index in [0.29, 0.717) is 24.7 Å². The van der Waals surface area contributed by atoms with Gasteiger partial charge in [-0.2, -0.15) is 5.26 Å². The number of rotatable bonds is 7. The van der Waals surface area contributed by atoms with Crippen LogP contribution in [0.4, 0.5) is 5.69 Å². The van der Waals surface area contributed by atoms with E-state index in [9.17, 15) is 10.4 Å². The van der Waals surface area contributed by atoms with E-state index in [-0.39, 0.29) is 6.61 Å². The zero-order chi connectivity index (χ0) is 14.3. The van der Waals surface area contributed by atoms with Crippen molar-refractivity contribution in [2.24, 2.45) is 5.73 Å². The van der Waals surface area contributed by atoms with Gasteiger partial charge in [0, 0.05) is 19.1 Å². The first-order valence-corrected chi connectivity index (χ1v) is 6.82. The predicted octanol–water partition coefficient (Wildman–Crippen LogP) is 2.00. The summed E-state index contributed by atoms with van der Waals surface area (Å²) in [6, 6.07) is 8.29. The van der Waals surface area contributed by atoms with Crippen molar-refractivity contribution >= 4 is 5.69 Å². The Morgan fingerprint density at radius 1 is 1.37 bits per heavy atom. The maximum Gasteiger partial charge on any atom is 0.101 e. The third-order valence-electron chi connectivity index (χ3n) is 3.45. The van der Waals surface area contributed by atoms with E-state index < -0.39 is 0 Å². The average Bonchev–Trinajstić information content (AvgIpc) is 2.46. The standard InChI is InChI=1S/C15H23N3O/c1-3-14(4-2)18(7-8-19)15-6-5-12(10-16)9-13(15)11-17/h5-6,9,14,19H,3-4,7-8,10,16H2,1-2H3. The summed E-state index contributed by atoms with van der Waals surface area (Å²) in [5.74, 6) is 0. The van der Waals surface area contributed by atoms with Crippen molar-refractivity contribution in [1.82, 2.24) is 0 Å². The Bertz CT molecular complexity index is 436. The Kier molecular flexibility index (Phi) is 6.34. The smallest absolute Gasteiger partial charge is 0.101 e. The lowest BCUT2D eigenvalue weighted by Gasteiger charge is -2.33. The maximum atomic E-state index is 9.30. The zero-order valence-electron chi connectivity index (χ0n) is 11.8. The SMILES string of the molecule is CCC(CC)N(CCO)c1ccc(CN)cc1C#N. The van der Waals surface area contributed by atoms with Crippen molar-refractivity contribution < 1.29 is 5.11 Å². The highest BCUT2D eigenvalue weighted by atomic mass is 16.3. The van der Waals surface area contributed by atoms with Gasteiger partial charge in [0.2, 0.25) is 0 Å². The highest BCUT2D eigenvalue weighted by molar-refractivity contribution is 5.61. The lowest BCUT2D eigenvalue weighted by molar-refractivity contribution is 0.296. The van der Waals surface area contributed by atoms with Crippen LogP contribution in [0.5, 0.6) is 0 Å². The van der Waals surface area contributed by atoms with Crippen LogP contribution in [0.3, 0.4) is 0 Å². The van der Waals surface area contributed by atoms with E-state index in [1.165, 1.54) is 0 Å². The summed E-state index contributed by atoms with van der Waals surface area (Å²) in [4.78, 5) is 2.12. The highest BCUT2D eigenvalue weighted by Crippen LogP contribution is 2.25. The van der Waals surface area contributed by atoms with Crippen molar-refractivity contribution in [3.63, 3.8) is 0 Å². The topological polar surface area (TPSA) is 73.3 Å². The van der Waals surface area contributed by atoms with Crippen molar-refractivity contribution in [1.29, 1.82) is 5.26 Å². The van der Waals surface area contributed by atoms with Crippen LogP contribution in [0.15, 0.2) is 18.2 Å². The van der Waals surface area contributed by atoms with Crippen molar-refractivity contribution in [2.45, 2.75) is 39.3 Å². The normalized spacial score (nSPS) is 10.5. The molecule has 0 bridgehead atoms. The van der Waals surface area contributed by atoms with Gasteiger partial charge in [-0.15, -0.1) is 0 Å². The molecular formula is C15H23N3O. The van der Waals surface area contributed by atoms with Gasteiger partial charge in [-0.25, -0.2) is 0 Å². The van der Waals surface area contributed by atoms with Crippen LogP contribution in [-0.4, -0.2) is 24.3 Å². The lowest BCUT2D eigenvalue weighted by atomic mass is 10.0. The van der Waals surface area contributed by atoms with Gasteiger partial charge in [-0.3, -0.25) is 0 Å². The van der Waals surface area contributed by atoms with Crippen LogP contribution in [0.1, 0.15) is 37.8 Å². The van der Waals surface area contributed by atoms with Crippen molar-refractivity contribution in [3.8, 4) is 6.07 Å². The molecule has 0 amide bonds. The third kappa shape index (κ3) is 3.69. The number of aliphatic hydroxyl groups is 1. The second kappa shape index (κ2) is 7.78. The Balaban J connectivity index is 3.18. The minimum atomic E-state index is 0.0833. The Hall–Kier alpha value is -1.57. The first-order chi connectivity index (χ1) is 9.21. The van der Waals surface area contributed by atoms with Gasteiger partial charge in [-0.05, 0) is 30.5 Å². The van der Waals surface area contributed by atoms with E-state index in [0.717, 1.165) is 24.1 Å². The van der Waals surface area contributed by atoms with Crippen LogP contribution in [0.25, 0.3) is 0 Å². The first-order valence-electron chi connectivity index (χ1n) is 6.82. The molecule has 0 unspecified atom stereocenters. The van der Waals surface area contributed by atoms with Gasteiger partial charge in [0.25, 0.3) is 0 Å². The summed E-state index contributed by atoms with van der Waals surface area (Å²) in [5.41, 5.74) is 8.08. The average molecular weight is 261 g/mol. The first kappa shape index (κ1) is 15.5. The fourth-order valence-corrected chi connectivity index (χ4v) is 2.39. The Labute approximate surface area is 115 Å². The summed E-state index contributed by atoms with van der Waals surface area (Å²) in [7, 11) is 0. The molecule has 19 heavy (non-hydrogen) atoms. The van der Waals surface area contributed by atoms with E-state index in [2.05, 4.69) is 24.8 Å². The monoisotopic (exact) mass is 261 g/mol. The molecule has 0 spiro atoms. The Morgan fingerprint density at radius 2 is 2.05 bits per heavy atom. The second-order valence-corrected chi connectivity index (χ2v) is 4.55. The maximum absolute atomic E-state index is 9.30. The summed E-state index contributed by atoms with van der Waals surface area (Å²) in [6.07, 6.45) is 1.97. The van der Waals surface area contributed by atoms with Gasteiger partial charge in [-0.1, -0.05) is 19.9 Å². The van der Waals surface area contributed by atoms with Crippen LogP contribution in [0, 0.1) is 11.3 Å². The van der Waals surface area contributed by atoms with Gasteiger partial charge < -0.3 is 15.7 Å². The molecule has 0 heterocycles. The van der Waals surface area contributed by atoms with E-state index in [1.807, 2.05) is 18.2 Å². The Morgan fingerprint density at radius 3 is 2.53 bits per heavy atom. The lowest BCUT2D eigenvalue weighted by Crippen LogP contribution is -2.37. The minimum Gasteiger partial charge on any atom is -0.395 e. The van der Waals surface area contributed by atoms with Crippen molar-refractivity contribution in [2.75, 3.05) is 18.1 Å². The van der Waals surface area contributed by atoms with Crippen molar-refractivity contribution in [3.05, 3.63) is 29.3 Å². The van der Waals surface area contributed by atoms with Crippen LogP contribution < -0.4 is 10.6 Å². The molecule has 0 radical (unpaired) electrons. The molecule has 0 aliphatic heterocycles. The van der Waals surface area contributed by atoms with Crippen LogP contribution >= 0.6 is 0 Å². The number of aliphatic hydroxyl groups excluding tert-OH is 1. The number of nitriles is 1. The van der Waals surface area contributed by atoms with Gasteiger partial charge >= 0.3 is 0 Å². The molecule has 0 saturated carbocycles. The zero-order valence-corrected chi connectivity index (χ0v) is 11.8. The molecule has 0 aliphatic carbocycles. The van der Waals surface area contributed by atoms with Gasteiger partial charge in [0.05, 0.1) is 17.9 Å². The predicted molar refractivity (Wildman–Crippen MR) is 77.9 cm³/mol. The summed E-state index contributed by atoms with van der Waals surface area (Å²) >= 11 is 0. The fraction of sp³-hybridized carbons (Fsp3) is 0.533. The molecule has 1 rings (SSSR count). The number of hydrogen-bond donors (Lipinski definition) is 2. The molecule has 104 valence electrons. The second-order valence-electron chi connectivity index (χ2n) is 4.55. The molecule has 0 fully saturated rings. The van der Waals surface area contributed by atoms with Crippen LogP contribution in [0.2, 0.25) is 0 Å². The summed E-state index contributed by atoms with van der Waals surface area (Å²) < 4.78 is 0. The largest absolute Gasteiger partial charge is 0.395 e. The van der Waals surface area contributed by atoms with Crippen LogP contribution in [-0.2, 0) is 6.54 Å². The van der Waals surface area contributed by atoms with Gasteiger partial charge in [0.15, 0.2) is 0 Å². The van der Waals surface area contributed by atoms with E-state index in [4.69, 9.17) is 5.73 Å². The molecule has 4 nitrogen and oxygen atoms in total. The molecule has 1 aromatic rings. The number of benzene rings is 1. The molecule has 0 aromatic heterocycles. The molecule has 0 atom stereocenters. The molecular weight excluding hydrogens is 238 g/mol. The molecule has 0 aliphatic rings. The minimum absolute atomic E-state index is 0.0833. The summed E-state index contributed by atoms with van der Waals surface area (Å²) in [6.45, 7) is 5.31. The van der Waals surface area contributed by atoms with E-state index in [1.54, 1.807) is 0 Å². The number of nitrogens with two attached hydrogens (primary N) is 1. The summed E-state index contributed by atoms with van der Waals surface area (Å²) in [5, 5.41) is 18.6. The number of nitrogens with zero attached hydrogens (tertiary/aromatic N) is 2. The quantitative estimate of drug-likeness (QED) is 0.787. The molecule has 1 aromatic carbocycles. The highest BCUT2D eigenvalue weighted by Gasteiger charge is 2.18. The molecule has 3 N–H and O–H groups in total. The fourth-order valence-electron chi connectivity index (χ4n) is 2.39. The number of hydrogen-bond acceptors (Lipinski definition) is 4.